The van der Waals surface area contributed by atoms with Crippen molar-refractivity contribution in [3.05, 3.63) is 0 Å². The molecule has 0 aliphatic carbocycles. The van der Waals surface area contributed by atoms with Crippen molar-refractivity contribution in [3.63, 3.8) is 0 Å². The van der Waals surface area contributed by atoms with Crippen molar-refractivity contribution in [3.8, 4) is 0 Å². The van der Waals surface area contributed by atoms with Gasteiger partial charge in [-0.05, 0) is 26.3 Å². The molecule has 0 spiro atoms. The third-order valence-electron chi connectivity index (χ3n) is 3.30. The van der Waals surface area contributed by atoms with Crippen LogP contribution < -0.4 is 5.32 Å². The lowest BCUT2D eigenvalue weighted by molar-refractivity contribution is -0.140. The van der Waals surface area contributed by atoms with E-state index in [0.29, 0.717) is 6.61 Å². The predicted octanol–water partition coefficient (Wildman–Crippen LogP) is 0.903. The summed E-state index contributed by atoms with van der Waals surface area (Å²) >= 11 is 0. The van der Waals surface area contributed by atoms with E-state index in [1.54, 1.807) is 7.11 Å². The van der Waals surface area contributed by atoms with Crippen molar-refractivity contribution in [2.75, 3.05) is 40.4 Å². The van der Waals surface area contributed by atoms with Crippen LogP contribution in [0.1, 0.15) is 19.8 Å². The second kappa shape index (κ2) is 7.09. The zero-order valence-corrected chi connectivity index (χ0v) is 11.2. The standard InChI is InChI=1S/C11H22N2O2.ClH/c1-4-13(2)10(14)11(6-8-15-3)5-7-12-9-11;/h12H,4-9H2,1-3H3;1H. The molecule has 0 aromatic carbocycles. The molecular weight excluding hydrogens is 228 g/mol. The second-order valence-electron chi connectivity index (χ2n) is 4.27. The van der Waals surface area contributed by atoms with E-state index < -0.39 is 0 Å². The summed E-state index contributed by atoms with van der Waals surface area (Å²) in [5, 5.41) is 3.28. The van der Waals surface area contributed by atoms with Crippen molar-refractivity contribution >= 4 is 18.3 Å². The molecule has 1 N–H and O–H groups in total. The highest BCUT2D eigenvalue weighted by Crippen LogP contribution is 2.31. The highest BCUT2D eigenvalue weighted by Gasteiger charge is 2.41. The van der Waals surface area contributed by atoms with Crippen molar-refractivity contribution < 1.29 is 9.53 Å². The maximum absolute atomic E-state index is 12.2. The van der Waals surface area contributed by atoms with Gasteiger partial charge in [-0.25, -0.2) is 0 Å². The molecule has 1 heterocycles. The van der Waals surface area contributed by atoms with Crippen LogP contribution in [0.2, 0.25) is 0 Å². The number of halogens is 1. The van der Waals surface area contributed by atoms with Crippen molar-refractivity contribution in [2.24, 2.45) is 5.41 Å². The van der Waals surface area contributed by atoms with Gasteiger partial charge in [-0.1, -0.05) is 0 Å². The van der Waals surface area contributed by atoms with E-state index in [0.717, 1.165) is 32.5 Å². The molecule has 0 aromatic heterocycles. The predicted molar refractivity (Wildman–Crippen MR) is 67.0 cm³/mol. The highest BCUT2D eigenvalue weighted by molar-refractivity contribution is 5.85. The summed E-state index contributed by atoms with van der Waals surface area (Å²) in [6.07, 6.45) is 1.75. The maximum atomic E-state index is 12.2. The Morgan fingerprint density at radius 3 is 2.69 bits per heavy atom. The Hall–Kier alpha value is -0.320. The van der Waals surface area contributed by atoms with Gasteiger partial charge in [0, 0.05) is 33.9 Å². The number of carbonyl (C=O) groups is 1. The van der Waals surface area contributed by atoms with Crippen LogP contribution in [0, 0.1) is 5.41 Å². The van der Waals surface area contributed by atoms with E-state index in [2.05, 4.69) is 5.32 Å². The molecule has 0 aromatic rings. The van der Waals surface area contributed by atoms with Gasteiger partial charge >= 0.3 is 0 Å². The Morgan fingerprint density at radius 1 is 1.56 bits per heavy atom. The van der Waals surface area contributed by atoms with Crippen LogP contribution in [0.4, 0.5) is 0 Å². The van der Waals surface area contributed by atoms with Crippen LogP contribution in [0.15, 0.2) is 0 Å². The molecule has 1 aliphatic rings. The third kappa shape index (κ3) is 3.34. The molecule has 16 heavy (non-hydrogen) atoms. The first kappa shape index (κ1) is 15.7. The minimum Gasteiger partial charge on any atom is -0.385 e. The van der Waals surface area contributed by atoms with Gasteiger partial charge in [-0.3, -0.25) is 4.79 Å². The lowest BCUT2D eigenvalue weighted by Crippen LogP contribution is -2.44. The Balaban J connectivity index is 0.00000225. The van der Waals surface area contributed by atoms with E-state index in [9.17, 15) is 4.79 Å². The van der Waals surface area contributed by atoms with Crippen LogP contribution in [0.3, 0.4) is 0 Å². The fourth-order valence-corrected chi connectivity index (χ4v) is 2.09. The third-order valence-corrected chi connectivity index (χ3v) is 3.30. The van der Waals surface area contributed by atoms with Gasteiger partial charge in [-0.2, -0.15) is 0 Å². The van der Waals surface area contributed by atoms with Crippen LogP contribution in [0.5, 0.6) is 0 Å². The zero-order chi connectivity index (χ0) is 11.3. The van der Waals surface area contributed by atoms with Crippen LogP contribution in [-0.4, -0.2) is 51.2 Å². The summed E-state index contributed by atoms with van der Waals surface area (Å²) in [6.45, 7) is 5.16. The summed E-state index contributed by atoms with van der Waals surface area (Å²) in [5.41, 5.74) is -0.221. The van der Waals surface area contributed by atoms with Crippen molar-refractivity contribution in [1.29, 1.82) is 0 Å². The average Bonchev–Trinajstić information content (AvgIpc) is 2.74. The fourth-order valence-electron chi connectivity index (χ4n) is 2.09. The normalized spacial score (nSPS) is 23.9. The molecule has 1 atom stereocenters. The number of carbonyl (C=O) groups excluding carboxylic acids is 1. The van der Waals surface area contributed by atoms with Gasteiger partial charge in [-0.15, -0.1) is 12.4 Å². The molecule has 1 fully saturated rings. The molecular formula is C11H23ClN2O2. The Morgan fingerprint density at radius 2 is 2.25 bits per heavy atom. The largest absolute Gasteiger partial charge is 0.385 e. The van der Waals surface area contributed by atoms with Crippen molar-refractivity contribution in [2.45, 2.75) is 19.8 Å². The lowest BCUT2D eigenvalue weighted by atomic mass is 9.82. The summed E-state index contributed by atoms with van der Waals surface area (Å²) in [5.74, 6) is 0.257. The molecule has 0 saturated carbocycles. The first-order valence-electron chi connectivity index (χ1n) is 5.61. The summed E-state index contributed by atoms with van der Waals surface area (Å²) in [7, 11) is 3.55. The molecule has 5 heteroatoms. The van der Waals surface area contributed by atoms with Crippen molar-refractivity contribution in [1.82, 2.24) is 10.2 Å². The van der Waals surface area contributed by atoms with Crippen LogP contribution in [-0.2, 0) is 9.53 Å². The lowest BCUT2D eigenvalue weighted by Gasteiger charge is -2.31. The molecule has 1 rings (SSSR count). The molecule has 4 nitrogen and oxygen atoms in total. The van der Waals surface area contributed by atoms with E-state index in [-0.39, 0.29) is 23.7 Å². The smallest absolute Gasteiger partial charge is 0.229 e. The molecule has 1 saturated heterocycles. The van der Waals surface area contributed by atoms with Crippen LogP contribution >= 0.6 is 12.4 Å². The van der Waals surface area contributed by atoms with Gasteiger partial charge in [0.2, 0.25) is 5.91 Å². The minimum absolute atomic E-state index is 0. The molecule has 1 unspecified atom stereocenters. The number of hydrogen-bond acceptors (Lipinski definition) is 3. The SMILES string of the molecule is CCN(C)C(=O)C1(CCOC)CCNC1.Cl. The first-order chi connectivity index (χ1) is 7.16. The number of nitrogens with zero attached hydrogens (tertiary/aromatic N) is 1. The number of hydrogen-bond donors (Lipinski definition) is 1. The summed E-state index contributed by atoms with van der Waals surface area (Å²) < 4.78 is 5.09. The van der Waals surface area contributed by atoms with E-state index in [1.807, 2.05) is 18.9 Å². The molecule has 0 radical (unpaired) electrons. The quantitative estimate of drug-likeness (QED) is 0.789. The molecule has 96 valence electrons. The van der Waals surface area contributed by atoms with E-state index >= 15 is 0 Å². The van der Waals surface area contributed by atoms with Gasteiger partial charge in [0.05, 0.1) is 5.41 Å². The highest BCUT2D eigenvalue weighted by atomic mass is 35.5. The number of ether oxygens (including phenoxy) is 1. The van der Waals surface area contributed by atoms with Gasteiger partial charge in [0.1, 0.15) is 0 Å². The average molecular weight is 251 g/mol. The van der Waals surface area contributed by atoms with E-state index in [1.165, 1.54) is 0 Å². The topological polar surface area (TPSA) is 41.6 Å². The number of nitrogens with one attached hydrogen (secondary N) is 1. The summed E-state index contributed by atoms with van der Waals surface area (Å²) in [4.78, 5) is 14.0. The first-order valence-corrected chi connectivity index (χ1v) is 5.61. The number of methoxy groups -OCH3 is 1. The van der Waals surface area contributed by atoms with Gasteiger partial charge < -0.3 is 15.0 Å². The Kier molecular flexibility index (Phi) is 6.95. The number of rotatable bonds is 5. The zero-order valence-electron chi connectivity index (χ0n) is 10.4. The fraction of sp³-hybridized carbons (Fsp3) is 0.909. The summed E-state index contributed by atoms with van der Waals surface area (Å²) in [6, 6.07) is 0. The van der Waals surface area contributed by atoms with Crippen LogP contribution in [0.25, 0.3) is 0 Å². The molecule has 1 amide bonds. The molecule has 1 aliphatic heterocycles. The van der Waals surface area contributed by atoms with E-state index in [4.69, 9.17) is 4.74 Å². The molecule has 0 bridgehead atoms. The van der Waals surface area contributed by atoms with Gasteiger partial charge in [0.15, 0.2) is 0 Å². The Labute approximate surface area is 104 Å². The second-order valence-corrected chi connectivity index (χ2v) is 4.27. The Bertz CT molecular complexity index is 218. The maximum Gasteiger partial charge on any atom is 0.229 e. The minimum atomic E-state index is -0.221. The monoisotopic (exact) mass is 250 g/mol. The number of amides is 1. The van der Waals surface area contributed by atoms with Gasteiger partial charge in [0.25, 0.3) is 0 Å².